The van der Waals surface area contributed by atoms with E-state index in [4.69, 9.17) is 0 Å². The topological polar surface area (TPSA) is 61.6 Å². The Bertz CT molecular complexity index is 651. The molecule has 2 aromatic rings. The summed E-state index contributed by atoms with van der Waals surface area (Å²) in [7, 11) is 0. The van der Waals surface area contributed by atoms with E-state index < -0.39 is 6.04 Å². The van der Waals surface area contributed by atoms with Gasteiger partial charge in [0.15, 0.2) is 6.04 Å². The summed E-state index contributed by atoms with van der Waals surface area (Å²) in [5, 5.41) is 14.1. The van der Waals surface area contributed by atoms with E-state index in [2.05, 4.69) is 10.00 Å². The molecule has 2 atom stereocenters. The number of benzene rings is 1. The van der Waals surface area contributed by atoms with Crippen LogP contribution in [-0.4, -0.2) is 69.4 Å². The van der Waals surface area contributed by atoms with E-state index in [1.165, 1.54) is 0 Å². The first-order chi connectivity index (χ1) is 12.2. The Balaban J connectivity index is 1.70. The van der Waals surface area contributed by atoms with Gasteiger partial charge in [0.1, 0.15) is 0 Å². The zero-order valence-electron chi connectivity index (χ0n) is 14.7. The number of piperazine rings is 1. The Morgan fingerprint density at radius 2 is 1.88 bits per heavy atom. The number of aliphatic hydroxyl groups is 1. The van der Waals surface area contributed by atoms with Gasteiger partial charge < -0.3 is 10.0 Å². The van der Waals surface area contributed by atoms with Gasteiger partial charge >= 0.3 is 0 Å². The number of hydrogen-bond donors (Lipinski definition) is 1. The highest BCUT2D eigenvalue weighted by Crippen LogP contribution is 2.21. The minimum absolute atomic E-state index is 0.0746. The molecule has 1 fully saturated rings. The van der Waals surface area contributed by atoms with Crippen LogP contribution in [0, 0.1) is 0 Å². The third-order valence-corrected chi connectivity index (χ3v) is 4.76. The van der Waals surface area contributed by atoms with Crippen LogP contribution >= 0.6 is 0 Å². The molecule has 25 heavy (non-hydrogen) atoms. The molecule has 0 unspecified atom stereocenters. The van der Waals surface area contributed by atoms with E-state index in [-0.39, 0.29) is 12.0 Å². The summed E-state index contributed by atoms with van der Waals surface area (Å²) in [5.74, 6) is 0.0746. The SMILES string of the molecule is CC[C@@H](O)CN1CCN(C(=O)[C@@H](c2ccccc2)n2cccn2)CC1. The lowest BCUT2D eigenvalue weighted by Gasteiger charge is -2.37. The maximum atomic E-state index is 13.2. The Morgan fingerprint density at radius 3 is 2.48 bits per heavy atom. The number of amides is 1. The van der Waals surface area contributed by atoms with Crippen molar-refractivity contribution in [2.24, 2.45) is 0 Å². The van der Waals surface area contributed by atoms with Crippen LogP contribution in [-0.2, 0) is 4.79 Å². The van der Waals surface area contributed by atoms with Gasteiger partial charge in [-0.05, 0) is 18.1 Å². The van der Waals surface area contributed by atoms with E-state index in [1.54, 1.807) is 10.9 Å². The zero-order valence-corrected chi connectivity index (χ0v) is 14.7. The number of aliphatic hydroxyl groups excluding tert-OH is 1. The van der Waals surface area contributed by atoms with Crippen molar-refractivity contribution in [3.8, 4) is 0 Å². The highest BCUT2D eigenvalue weighted by atomic mass is 16.3. The minimum Gasteiger partial charge on any atom is -0.392 e. The number of aromatic nitrogens is 2. The number of carbonyl (C=O) groups excluding carboxylic acids is 1. The van der Waals surface area contributed by atoms with Crippen molar-refractivity contribution in [2.45, 2.75) is 25.5 Å². The molecule has 3 rings (SSSR count). The van der Waals surface area contributed by atoms with Crippen LogP contribution in [0.15, 0.2) is 48.8 Å². The van der Waals surface area contributed by atoms with Gasteiger partial charge in [-0.1, -0.05) is 37.3 Å². The number of rotatable bonds is 6. The second-order valence-corrected chi connectivity index (χ2v) is 6.49. The molecule has 1 amide bonds. The Hall–Kier alpha value is -2.18. The fourth-order valence-corrected chi connectivity index (χ4v) is 3.23. The molecule has 6 nitrogen and oxygen atoms in total. The molecule has 0 spiro atoms. The predicted octanol–water partition coefficient (Wildman–Crippen LogP) is 1.39. The van der Waals surface area contributed by atoms with Gasteiger partial charge in [-0.2, -0.15) is 5.10 Å². The monoisotopic (exact) mass is 342 g/mol. The Kier molecular flexibility index (Phi) is 5.83. The van der Waals surface area contributed by atoms with Gasteiger partial charge in [0.05, 0.1) is 6.10 Å². The highest BCUT2D eigenvalue weighted by Gasteiger charge is 2.30. The smallest absolute Gasteiger partial charge is 0.252 e. The van der Waals surface area contributed by atoms with Crippen molar-refractivity contribution >= 4 is 5.91 Å². The Labute approximate surface area is 148 Å². The molecule has 0 aliphatic carbocycles. The van der Waals surface area contributed by atoms with Crippen LogP contribution in [0.3, 0.4) is 0 Å². The maximum Gasteiger partial charge on any atom is 0.252 e. The molecule has 1 aliphatic heterocycles. The van der Waals surface area contributed by atoms with E-state index >= 15 is 0 Å². The predicted molar refractivity (Wildman–Crippen MR) is 96.1 cm³/mol. The minimum atomic E-state index is -0.427. The lowest BCUT2D eigenvalue weighted by molar-refractivity contribution is -0.135. The van der Waals surface area contributed by atoms with Crippen LogP contribution in [0.4, 0.5) is 0 Å². The third-order valence-electron chi connectivity index (χ3n) is 4.76. The molecule has 134 valence electrons. The molecule has 2 heterocycles. The summed E-state index contributed by atoms with van der Waals surface area (Å²) in [5.41, 5.74) is 0.944. The number of β-amino-alcohol motifs (C(OH)–C–C–N with tert-alkyl or cyclic N) is 1. The molecule has 1 aromatic carbocycles. The lowest BCUT2D eigenvalue weighted by atomic mass is 10.1. The van der Waals surface area contributed by atoms with Crippen LogP contribution < -0.4 is 0 Å². The highest BCUT2D eigenvalue weighted by molar-refractivity contribution is 5.83. The van der Waals surface area contributed by atoms with Crippen LogP contribution in [0.5, 0.6) is 0 Å². The Morgan fingerprint density at radius 1 is 1.16 bits per heavy atom. The molecule has 1 saturated heterocycles. The summed E-state index contributed by atoms with van der Waals surface area (Å²) in [6, 6.07) is 11.2. The van der Waals surface area contributed by atoms with Gasteiger partial charge in [0.2, 0.25) is 0 Å². The van der Waals surface area contributed by atoms with Gasteiger partial charge in [-0.25, -0.2) is 0 Å². The second-order valence-electron chi connectivity index (χ2n) is 6.49. The first-order valence-electron chi connectivity index (χ1n) is 8.92. The second kappa shape index (κ2) is 8.27. The largest absolute Gasteiger partial charge is 0.392 e. The number of hydrogen-bond acceptors (Lipinski definition) is 4. The average Bonchev–Trinajstić information content (AvgIpc) is 3.17. The van der Waals surface area contributed by atoms with Gasteiger partial charge in [0, 0.05) is 45.1 Å². The summed E-state index contributed by atoms with van der Waals surface area (Å²) >= 11 is 0. The van der Waals surface area contributed by atoms with E-state index in [0.717, 1.165) is 25.1 Å². The van der Waals surface area contributed by atoms with Crippen molar-refractivity contribution in [1.29, 1.82) is 0 Å². The fourth-order valence-electron chi connectivity index (χ4n) is 3.23. The molecule has 1 N–H and O–H groups in total. The quantitative estimate of drug-likeness (QED) is 0.862. The van der Waals surface area contributed by atoms with Crippen molar-refractivity contribution < 1.29 is 9.90 Å². The van der Waals surface area contributed by atoms with Crippen molar-refractivity contribution in [2.75, 3.05) is 32.7 Å². The van der Waals surface area contributed by atoms with Gasteiger partial charge in [-0.15, -0.1) is 0 Å². The number of nitrogens with zero attached hydrogens (tertiary/aromatic N) is 4. The molecule has 1 aliphatic rings. The van der Waals surface area contributed by atoms with Crippen molar-refractivity contribution in [1.82, 2.24) is 19.6 Å². The molecule has 0 saturated carbocycles. The van der Waals surface area contributed by atoms with Gasteiger partial charge in [-0.3, -0.25) is 14.4 Å². The van der Waals surface area contributed by atoms with Crippen molar-refractivity contribution in [3.05, 3.63) is 54.4 Å². The maximum absolute atomic E-state index is 13.2. The van der Waals surface area contributed by atoms with E-state index in [1.807, 2.05) is 54.4 Å². The van der Waals surface area contributed by atoms with Crippen LogP contribution in [0.2, 0.25) is 0 Å². The molecular weight excluding hydrogens is 316 g/mol. The first kappa shape index (κ1) is 17.6. The normalized spacial score (nSPS) is 18.1. The molecule has 0 bridgehead atoms. The average molecular weight is 342 g/mol. The standard InChI is InChI=1S/C19H26N4O2/c1-2-17(24)15-21-11-13-22(14-12-21)19(25)18(23-10-6-9-20-23)16-7-4-3-5-8-16/h3-10,17-18,24H,2,11-15H2,1H3/t17-,18-/m1/s1. The molecule has 6 heteroatoms. The summed E-state index contributed by atoms with van der Waals surface area (Å²) in [6.45, 7) is 5.62. The van der Waals surface area contributed by atoms with Crippen molar-refractivity contribution in [3.63, 3.8) is 0 Å². The summed E-state index contributed by atoms with van der Waals surface area (Å²) in [4.78, 5) is 17.3. The fraction of sp³-hybridized carbons (Fsp3) is 0.474. The van der Waals surface area contributed by atoms with Crippen LogP contribution in [0.25, 0.3) is 0 Å². The molecular formula is C19H26N4O2. The molecule has 0 radical (unpaired) electrons. The van der Waals surface area contributed by atoms with Gasteiger partial charge in [0.25, 0.3) is 5.91 Å². The molecule has 1 aromatic heterocycles. The van der Waals surface area contributed by atoms with E-state index in [9.17, 15) is 9.90 Å². The van der Waals surface area contributed by atoms with E-state index in [0.29, 0.717) is 19.6 Å². The third kappa shape index (κ3) is 4.27. The number of carbonyl (C=O) groups is 1. The summed E-state index contributed by atoms with van der Waals surface area (Å²) < 4.78 is 1.73. The van der Waals surface area contributed by atoms with Crippen LogP contribution in [0.1, 0.15) is 24.9 Å². The summed E-state index contributed by atoms with van der Waals surface area (Å²) in [6.07, 6.45) is 4.01. The lowest BCUT2D eigenvalue weighted by Crippen LogP contribution is -2.52. The first-order valence-corrected chi connectivity index (χ1v) is 8.92. The zero-order chi connectivity index (χ0) is 17.6.